The Kier molecular flexibility index (Phi) is 4.29. The molecule has 3 rings (SSSR count). The summed E-state index contributed by atoms with van der Waals surface area (Å²) in [6.45, 7) is 1.80. The maximum atomic E-state index is 12.0. The topological polar surface area (TPSA) is 84.1 Å². The molecule has 2 heterocycles. The van der Waals surface area contributed by atoms with Gasteiger partial charge in [-0.05, 0) is 19.3 Å². The normalized spacial score (nSPS) is 14.7. The van der Waals surface area contributed by atoms with E-state index in [4.69, 9.17) is 5.84 Å². The number of benzene rings is 1. The van der Waals surface area contributed by atoms with Gasteiger partial charge in [0.15, 0.2) is 5.82 Å². The van der Waals surface area contributed by atoms with Gasteiger partial charge in [-0.2, -0.15) is 0 Å². The molecule has 3 N–H and O–H groups in total. The zero-order valence-electron chi connectivity index (χ0n) is 12.3. The third-order valence-electron chi connectivity index (χ3n) is 3.83. The van der Waals surface area contributed by atoms with Crippen LogP contribution in [-0.2, 0) is 0 Å². The first-order chi connectivity index (χ1) is 10.8. The highest BCUT2D eigenvalue weighted by Gasteiger charge is 2.21. The molecule has 6 heteroatoms. The average molecular weight is 297 g/mol. The van der Waals surface area contributed by atoms with Gasteiger partial charge in [-0.3, -0.25) is 10.2 Å². The van der Waals surface area contributed by atoms with Crippen molar-refractivity contribution in [3.05, 3.63) is 42.1 Å². The van der Waals surface area contributed by atoms with Crippen LogP contribution in [0, 0.1) is 0 Å². The smallest absolute Gasteiger partial charge is 0.270 e. The Labute approximate surface area is 129 Å². The first kappa shape index (κ1) is 14.5. The molecule has 22 heavy (non-hydrogen) atoms. The zero-order chi connectivity index (χ0) is 15.4. The average Bonchev–Trinajstić information content (AvgIpc) is 2.62. The first-order valence-electron chi connectivity index (χ1n) is 7.48. The van der Waals surface area contributed by atoms with Gasteiger partial charge in [0.05, 0.1) is 0 Å². The van der Waals surface area contributed by atoms with Crippen molar-refractivity contribution < 1.29 is 4.79 Å². The molecule has 6 nitrogen and oxygen atoms in total. The summed E-state index contributed by atoms with van der Waals surface area (Å²) in [7, 11) is 0. The molecule has 0 saturated carbocycles. The number of rotatable bonds is 3. The minimum atomic E-state index is -0.361. The molecule has 1 saturated heterocycles. The van der Waals surface area contributed by atoms with Crippen LogP contribution in [0.5, 0.6) is 0 Å². The number of nitrogens with zero attached hydrogens (tertiary/aromatic N) is 3. The summed E-state index contributed by atoms with van der Waals surface area (Å²) in [6, 6.07) is 9.75. The Bertz CT molecular complexity index is 653. The molecule has 0 spiro atoms. The monoisotopic (exact) mass is 297 g/mol. The highest BCUT2D eigenvalue weighted by Crippen LogP contribution is 2.24. The number of carbonyl (C=O) groups excluding carboxylic acids is 1. The molecule has 1 amide bonds. The molecule has 1 fully saturated rings. The molecule has 0 aliphatic carbocycles. The molecule has 1 aromatic heterocycles. The summed E-state index contributed by atoms with van der Waals surface area (Å²) < 4.78 is 0. The number of piperidine rings is 1. The number of nitrogens with two attached hydrogens (primary N) is 1. The van der Waals surface area contributed by atoms with Crippen molar-refractivity contribution in [1.82, 2.24) is 15.4 Å². The van der Waals surface area contributed by atoms with E-state index in [-0.39, 0.29) is 5.91 Å². The van der Waals surface area contributed by atoms with Gasteiger partial charge in [0.2, 0.25) is 0 Å². The van der Waals surface area contributed by atoms with Crippen molar-refractivity contribution in [3.8, 4) is 11.4 Å². The number of hydrogen-bond acceptors (Lipinski definition) is 5. The SMILES string of the molecule is NNC(=O)c1cnc(-c2ccccc2)nc1N1CCCCC1. The van der Waals surface area contributed by atoms with Crippen LogP contribution in [0.15, 0.2) is 36.5 Å². The fourth-order valence-electron chi connectivity index (χ4n) is 2.68. The van der Waals surface area contributed by atoms with E-state index in [1.54, 1.807) is 6.20 Å². The largest absolute Gasteiger partial charge is 0.356 e. The van der Waals surface area contributed by atoms with E-state index in [0.717, 1.165) is 31.5 Å². The number of anilines is 1. The lowest BCUT2D eigenvalue weighted by Gasteiger charge is -2.29. The Morgan fingerprint density at radius 1 is 1.14 bits per heavy atom. The number of nitrogens with one attached hydrogen (secondary N) is 1. The van der Waals surface area contributed by atoms with E-state index in [1.165, 1.54) is 6.42 Å². The van der Waals surface area contributed by atoms with Gasteiger partial charge in [0, 0.05) is 24.8 Å². The van der Waals surface area contributed by atoms with E-state index in [0.29, 0.717) is 17.2 Å². The maximum Gasteiger partial charge on any atom is 0.270 e. The molecular formula is C16H19N5O. The summed E-state index contributed by atoms with van der Waals surface area (Å²) in [4.78, 5) is 23.1. The van der Waals surface area contributed by atoms with Gasteiger partial charge in [-0.25, -0.2) is 15.8 Å². The minimum Gasteiger partial charge on any atom is -0.356 e. The highest BCUT2D eigenvalue weighted by molar-refractivity contribution is 5.98. The number of nitrogen functional groups attached to an aromatic ring is 1. The second kappa shape index (κ2) is 6.53. The van der Waals surface area contributed by atoms with Crippen LogP contribution in [0.2, 0.25) is 0 Å². The lowest BCUT2D eigenvalue weighted by atomic mass is 10.1. The van der Waals surface area contributed by atoms with Crippen LogP contribution >= 0.6 is 0 Å². The maximum absolute atomic E-state index is 12.0. The van der Waals surface area contributed by atoms with Crippen LogP contribution in [0.25, 0.3) is 11.4 Å². The molecule has 0 atom stereocenters. The summed E-state index contributed by atoms with van der Waals surface area (Å²) in [5, 5.41) is 0. The van der Waals surface area contributed by atoms with Crippen LogP contribution in [-0.4, -0.2) is 29.0 Å². The van der Waals surface area contributed by atoms with E-state index in [9.17, 15) is 4.79 Å². The predicted molar refractivity (Wildman–Crippen MR) is 85.2 cm³/mol. The molecule has 1 aliphatic heterocycles. The third kappa shape index (κ3) is 2.92. The second-order valence-corrected chi connectivity index (χ2v) is 5.32. The number of aromatic nitrogens is 2. The van der Waals surface area contributed by atoms with E-state index < -0.39 is 0 Å². The summed E-state index contributed by atoms with van der Waals surface area (Å²) in [5.74, 6) is 6.20. The van der Waals surface area contributed by atoms with Crippen LogP contribution in [0.1, 0.15) is 29.6 Å². The Hall–Kier alpha value is -2.47. The molecule has 2 aromatic rings. The number of hydrogen-bond donors (Lipinski definition) is 2. The van der Waals surface area contributed by atoms with Gasteiger partial charge in [-0.15, -0.1) is 0 Å². The van der Waals surface area contributed by atoms with Crippen molar-refractivity contribution in [1.29, 1.82) is 0 Å². The van der Waals surface area contributed by atoms with Crippen LogP contribution in [0.4, 0.5) is 5.82 Å². The fraction of sp³-hybridized carbons (Fsp3) is 0.312. The van der Waals surface area contributed by atoms with Crippen molar-refractivity contribution in [2.24, 2.45) is 5.84 Å². The Balaban J connectivity index is 2.03. The Morgan fingerprint density at radius 3 is 2.55 bits per heavy atom. The van der Waals surface area contributed by atoms with Crippen molar-refractivity contribution in [2.75, 3.05) is 18.0 Å². The van der Waals surface area contributed by atoms with E-state index in [1.807, 2.05) is 30.3 Å². The van der Waals surface area contributed by atoms with Gasteiger partial charge in [-0.1, -0.05) is 30.3 Å². The van der Waals surface area contributed by atoms with Gasteiger partial charge >= 0.3 is 0 Å². The summed E-state index contributed by atoms with van der Waals surface area (Å²) in [6.07, 6.45) is 4.98. The number of hydrazine groups is 1. The molecule has 1 aliphatic rings. The van der Waals surface area contributed by atoms with Gasteiger partial charge in [0.1, 0.15) is 11.4 Å². The minimum absolute atomic E-state index is 0.361. The standard InChI is InChI=1S/C16H19N5O/c17-20-16(22)13-11-18-14(12-7-3-1-4-8-12)19-15(13)21-9-5-2-6-10-21/h1,3-4,7-8,11H,2,5-6,9-10,17H2,(H,20,22). The lowest BCUT2D eigenvalue weighted by Crippen LogP contribution is -2.35. The number of carbonyl (C=O) groups is 1. The zero-order valence-corrected chi connectivity index (χ0v) is 12.3. The lowest BCUT2D eigenvalue weighted by molar-refractivity contribution is 0.0953. The van der Waals surface area contributed by atoms with Gasteiger partial charge < -0.3 is 4.90 Å². The van der Waals surface area contributed by atoms with Gasteiger partial charge in [0.25, 0.3) is 5.91 Å². The molecule has 0 unspecified atom stereocenters. The third-order valence-corrected chi connectivity index (χ3v) is 3.83. The molecule has 1 aromatic carbocycles. The van der Waals surface area contributed by atoms with Crippen LogP contribution < -0.4 is 16.2 Å². The number of amides is 1. The molecule has 0 radical (unpaired) electrons. The van der Waals surface area contributed by atoms with Crippen molar-refractivity contribution in [3.63, 3.8) is 0 Å². The highest BCUT2D eigenvalue weighted by atomic mass is 16.2. The van der Waals surface area contributed by atoms with Crippen molar-refractivity contribution >= 4 is 11.7 Å². The summed E-state index contributed by atoms with van der Waals surface area (Å²) >= 11 is 0. The Morgan fingerprint density at radius 2 is 1.86 bits per heavy atom. The molecule has 0 bridgehead atoms. The van der Waals surface area contributed by atoms with Crippen molar-refractivity contribution in [2.45, 2.75) is 19.3 Å². The van der Waals surface area contributed by atoms with E-state index >= 15 is 0 Å². The fourth-order valence-corrected chi connectivity index (χ4v) is 2.68. The van der Waals surface area contributed by atoms with E-state index in [2.05, 4.69) is 20.3 Å². The quantitative estimate of drug-likeness (QED) is 0.512. The predicted octanol–water partition coefficient (Wildman–Crippen LogP) is 1.74. The molecular weight excluding hydrogens is 278 g/mol. The molecule has 114 valence electrons. The second-order valence-electron chi connectivity index (χ2n) is 5.32. The van der Waals surface area contributed by atoms with Crippen LogP contribution in [0.3, 0.4) is 0 Å². The summed E-state index contributed by atoms with van der Waals surface area (Å²) in [5.41, 5.74) is 3.53. The first-order valence-corrected chi connectivity index (χ1v) is 7.48.